The lowest BCUT2D eigenvalue weighted by Gasteiger charge is -2.32. The smallest absolute Gasteiger partial charge is 0.317 e. The number of nitrogens with two attached hydrogens (primary N) is 2. The standard InChI is InChI=1S/C22H30Cl2N8O2/c1-27-20(33)16(29-21(25)26)6-9-28-22(34)32-10-7-13(8-11-32)18-12-17(30-31(18)2)14-4-3-5-15(23)19(14)24/h3-5,12-13,16H,6-11H2,1-2H3,(H,27,33)(H,28,34)(H4,25,26,29)/t16-/m0/s1. The Bertz CT molecular complexity index is 1060. The number of guanidine groups is 1. The molecule has 0 unspecified atom stereocenters. The zero-order chi connectivity index (χ0) is 24.8. The molecule has 2 aromatic rings. The minimum absolute atomic E-state index is 0.169. The van der Waals surface area contributed by atoms with E-state index >= 15 is 0 Å². The van der Waals surface area contributed by atoms with Gasteiger partial charge in [-0.25, -0.2) is 9.79 Å². The lowest BCUT2D eigenvalue weighted by atomic mass is 9.93. The molecule has 2 heterocycles. The Morgan fingerprint density at radius 2 is 1.97 bits per heavy atom. The summed E-state index contributed by atoms with van der Waals surface area (Å²) in [5.41, 5.74) is 13.4. The molecule has 0 saturated carbocycles. The van der Waals surface area contributed by atoms with Crippen molar-refractivity contribution >= 4 is 41.1 Å². The molecule has 1 aliphatic heterocycles. The maximum atomic E-state index is 12.6. The van der Waals surface area contributed by atoms with Crippen molar-refractivity contribution in [3.8, 4) is 11.3 Å². The van der Waals surface area contributed by atoms with Gasteiger partial charge in [0, 0.05) is 50.9 Å². The Kier molecular flexibility index (Phi) is 8.62. The van der Waals surface area contributed by atoms with E-state index in [1.807, 2.05) is 29.9 Å². The summed E-state index contributed by atoms with van der Waals surface area (Å²) in [6.45, 7) is 1.50. The van der Waals surface area contributed by atoms with E-state index in [1.54, 1.807) is 11.0 Å². The second-order valence-electron chi connectivity index (χ2n) is 8.15. The number of aryl methyl sites for hydroxylation is 1. The van der Waals surface area contributed by atoms with E-state index in [0.29, 0.717) is 29.6 Å². The summed E-state index contributed by atoms with van der Waals surface area (Å²) in [5.74, 6) is -0.205. The zero-order valence-electron chi connectivity index (χ0n) is 19.2. The van der Waals surface area contributed by atoms with Crippen LogP contribution in [0.5, 0.6) is 0 Å². The van der Waals surface area contributed by atoms with E-state index in [9.17, 15) is 9.59 Å². The van der Waals surface area contributed by atoms with Gasteiger partial charge in [-0.1, -0.05) is 35.3 Å². The van der Waals surface area contributed by atoms with Gasteiger partial charge in [0.2, 0.25) is 5.91 Å². The van der Waals surface area contributed by atoms with Gasteiger partial charge in [-0.15, -0.1) is 0 Å². The summed E-state index contributed by atoms with van der Waals surface area (Å²) in [6, 6.07) is 6.62. The first-order valence-electron chi connectivity index (χ1n) is 11.0. The number of rotatable bonds is 7. The summed E-state index contributed by atoms with van der Waals surface area (Å²) < 4.78 is 1.87. The first-order chi connectivity index (χ1) is 16.2. The molecule has 3 rings (SSSR count). The highest BCUT2D eigenvalue weighted by Crippen LogP contribution is 2.35. The van der Waals surface area contributed by atoms with Gasteiger partial charge in [-0.3, -0.25) is 9.48 Å². The number of carbonyl (C=O) groups is 2. The molecule has 184 valence electrons. The van der Waals surface area contributed by atoms with E-state index in [-0.39, 0.29) is 30.4 Å². The van der Waals surface area contributed by atoms with Gasteiger partial charge in [0.05, 0.1) is 15.7 Å². The molecule has 6 N–H and O–H groups in total. The molecule has 1 aromatic heterocycles. The van der Waals surface area contributed by atoms with Crippen molar-refractivity contribution in [1.29, 1.82) is 0 Å². The fourth-order valence-electron chi connectivity index (χ4n) is 4.10. The number of piperidine rings is 1. The average Bonchev–Trinajstić information content (AvgIpc) is 3.20. The molecule has 1 saturated heterocycles. The molecule has 34 heavy (non-hydrogen) atoms. The van der Waals surface area contributed by atoms with Crippen molar-refractivity contribution in [2.75, 3.05) is 26.7 Å². The fraction of sp³-hybridized carbons (Fsp3) is 0.455. The minimum Gasteiger partial charge on any atom is -0.370 e. The third-order valence-corrected chi connectivity index (χ3v) is 6.71. The number of aromatic nitrogens is 2. The quantitative estimate of drug-likeness (QED) is 0.334. The van der Waals surface area contributed by atoms with Crippen LogP contribution in [0.2, 0.25) is 10.0 Å². The molecular formula is C22H30Cl2N8O2. The zero-order valence-corrected chi connectivity index (χ0v) is 20.7. The lowest BCUT2D eigenvalue weighted by molar-refractivity contribution is -0.121. The van der Waals surface area contributed by atoms with Gasteiger partial charge >= 0.3 is 6.03 Å². The van der Waals surface area contributed by atoms with E-state index in [1.165, 1.54) is 7.05 Å². The van der Waals surface area contributed by atoms with Crippen molar-refractivity contribution in [3.63, 3.8) is 0 Å². The van der Waals surface area contributed by atoms with Crippen molar-refractivity contribution < 1.29 is 9.59 Å². The average molecular weight is 509 g/mol. The highest BCUT2D eigenvalue weighted by Gasteiger charge is 2.27. The summed E-state index contributed by atoms with van der Waals surface area (Å²) in [4.78, 5) is 30.2. The van der Waals surface area contributed by atoms with Crippen molar-refractivity contribution in [2.24, 2.45) is 23.5 Å². The molecule has 0 aliphatic carbocycles. The van der Waals surface area contributed by atoms with Crippen LogP contribution >= 0.6 is 23.2 Å². The number of nitrogens with one attached hydrogen (secondary N) is 2. The Morgan fingerprint density at radius 3 is 2.62 bits per heavy atom. The largest absolute Gasteiger partial charge is 0.370 e. The summed E-state index contributed by atoms with van der Waals surface area (Å²) >= 11 is 12.5. The molecular weight excluding hydrogens is 479 g/mol. The van der Waals surface area contributed by atoms with Crippen LogP contribution in [0.4, 0.5) is 4.79 Å². The molecule has 0 radical (unpaired) electrons. The van der Waals surface area contributed by atoms with E-state index in [0.717, 1.165) is 29.8 Å². The summed E-state index contributed by atoms with van der Waals surface area (Å²) in [5, 5.41) is 11.0. The Labute approximate surface area is 208 Å². The van der Waals surface area contributed by atoms with Gasteiger partial charge in [0.25, 0.3) is 0 Å². The third-order valence-electron chi connectivity index (χ3n) is 5.89. The molecule has 3 amide bonds. The second kappa shape index (κ2) is 11.4. The number of benzene rings is 1. The molecule has 0 spiro atoms. The van der Waals surface area contributed by atoms with Crippen LogP contribution in [0.1, 0.15) is 30.9 Å². The molecule has 1 fully saturated rings. The number of likely N-dealkylation sites (N-methyl/N-ethyl adjacent to an activating group) is 1. The Balaban J connectivity index is 1.55. The lowest BCUT2D eigenvalue weighted by Crippen LogP contribution is -2.45. The van der Waals surface area contributed by atoms with E-state index in [2.05, 4.69) is 20.7 Å². The number of nitrogens with zero attached hydrogens (tertiary/aromatic N) is 4. The summed E-state index contributed by atoms with van der Waals surface area (Å²) in [6.07, 6.45) is 1.92. The van der Waals surface area contributed by atoms with Crippen LogP contribution in [-0.4, -0.2) is 65.3 Å². The molecule has 10 nitrogen and oxygen atoms in total. The number of likely N-dealkylation sites (tertiary alicyclic amines) is 1. The number of hydrogen-bond acceptors (Lipinski definition) is 4. The van der Waals surface area contributed by atoms with Gasteiger partial charge in [0.15, 0.2) is 5.96 Å². The monoisotopic (exact) mass is 508 g/mol. The van der Waals surface area contributed by atoms with Crippen molar-refractivity contribution in [2.45, 2.75) is 31.2 Å². The maximum absolute atomic E-state index is 12.6. The minimum atomic E-state index is -0.743. The number of halogens is 2. The number of hydrogen-bond donors (Lipinski definition) is 4. The van der Waals surface area contributed by atoms with Crippen LogP contribution in [-0.2, 0) is 11.8 Å². The van der Waals surface area contributed by atoms with Crippen LogP contribution in [0.25, 0.3) is 11.3 Å². The molecule has 0 bridgehead atoms. The SMILES string of the molecule is CNC(=O)[C@H](CCNC(=O)N1CCC(c2cc(-c3cccc(Cl)c3Cl)nn2C)CC1)N=C(N)N. The van der Waals surface area contributed by atoms with Gasteiger partial charge < -0.3 is 27.0 Å². The topological polar surface area (TPSA) is 144 Å². The number of aliphatic imine (C=N–C) groups is 1. The predicted octanol–water partition coefficient (Wildman–Crippen LogP) is 2.06. The number of urea groups is 1. The normalized spacial score (nSPS) is 15.0. The number of amides is 3. The van der Waals surface area contributed by atoms with Crippen LogP contribution < -0.4 is 22.1 Å². The molecule has 1 aliphatic rings. The predicted molar refractivity (Wildman–Crippen MR) is 134 cm³/mol. The maximum Gasteiger partial charge on any atom is 0.317 e. The van der Waals surface area contributed by atoms with Crippen molar-refractivity contribution in [1.82, 2.24) is 25.3 Å². The van der Waals surface area contributed by atoms with Crippen LogP contribution in [0.3, 0.4) is 0 Å². The third kappa shape index (κ3) is 6.12. The van der Waals surface area contributed by atoms with E-state index in [4.69, 9.17) is 34.7 Å². The van der Waals surface area contributed by atoms with Crippen LogP contribution in [0, 0.1) is 0 Å². The van der Waals surface area contributed by atoms with Gasteiger partial charge in [-0.2, -0.15) is 5.10 Å². The Hall–Kier alpha value is -2.98. The van der Waals surface area contributed by atoms with E-state index < -0.39 is 6.04 Å². The van der Waals surface area contributed by atoms with Crippen molar-refractivity contribution in [3.05, 3.63) is 40.0 Å². The molecule has 1 atom stereocenters. The van der Waals surface area contributed by atoms with Crippen LogP contribution in [0.15, 0.2) is 29.3 Å². The fourth-order valence-corrected chi connectivity index (χ4v) is 4.50. The second-order valence-corrected chi connectivity index (χ2v) is 8.93. The Morgan fingerprint density at radius 1 is 1.26 bits per heavy atom. The summed E-state index contributed by atoms with van der Waals surface area (Å²) in [7, 11) is 3.42. The number of carbonyl (C=O) groups excluding carboxylic acids is 2. The van der Waals surface area contributed by atoms with Gasteiger partial charge in [0.1, 0.15) is 6.04 Å². The molecule has 12 heteroatoms. The highest BCUT2D eigenvalue weighted by molar-refractivity contribution is 6.43. The molecule has 1 aromatic carbocycles. The highest BCUT2D eigenvalue weighted by atomic mass is 35.5. The van der Waals surface area contributed by atoms with Gasteiger partial charge in [-0.05, 0) is 31.4 Å². The first-order valence-corrected chi connectivity index (χ1v) is 11.8. The first kappa shape index (κ1) is 25.6.